The molecule has 2 N–H and O–H groups in total. The minimum atomic E-state index is -1.17. The van der Waals surface area contributed by atoms with E-state index in [-0.39, 0.29) is 17.2 Å². The van der Waals surface area contributed by atoms with E-state index in [1.54, 1.807) is 12.1 Å². The maximum Gasteiger partial charge on any atom is 0.358 e. The third-order valence-corrected chi connectivity index (χ3v) is 2.92. The van der Waals surface area contributed by atoms with Gasteiger partial charge in [-0.3, -0.25) is 0 Å². The van der Waals surface area contributed by atoms with Crippen LogP contribution in [0.3, 0.4) is 0 Å². The predicted octanol–water partition coefficient (Wildman–Crippen LogP) is 2.47. The normalized spacial score (nSPS) is 10.4. The van der Waals surface area contributed by atoms with Crippen LogP contribution in [0.2, 0.25) is 0 Å². The second kappa shape index (κ2) is 4.50. The molecule has 2 aromatic rings. The second-order valence-electron chi connectivity index (χ2n) is 3.26. The van der Waals surface area contributed by atoms with Crippen molar-refractivity contribution < 1.29 is 19.5 Å². The van der Waals surface area contributed by atoms with Crippen molar-refractivity contribution in [3.05, 3.63) is 30.0 Å². The van der Waals surface area contributed by atoms with Crippen LogP contribution in [0.1, 0.15) is 10.5 Å². The number of carboxylic acids is 1. The van der Waals surface area contributed by atoms with E-state index < -0.39 is 5.97 Å². The number of hydrogen-bond donors (Lipinski definition) is 2. The number of thioether (sulfide) groups is 1. The van der Waals surface area contributed by atoms with Crippen LogP contribution >= 0.6 is 11.8 Å². The van der Waals surface area contributed by atoms with Crippen LogP contribution in [-0.4, -0.2) is 27.6 Å². The Bertz CT molecular complexity index is 564. The summed E-state index contributed by atoms with van der Waals surface area (Å²) in [5.74, 6) is -0.910. The number of phenols is 1. The minimum Gasteiger partial charge on any atom is -0.507 e. The maximum absolute atomic E-state index is 10.7. The first-order valence-electron chi connectivity index (χ1n) is 4.69. The largest absolute Gasteiger partial charge is 0.507 e. The molecule has 0 aliphatic carbocycles. The van der Waals surface area contributed by atoms with E-state index >= 15 is 0 Å². The Morgan fingerprint density at radius 3 is 2.76 bits per heavy atom. The van der Waals surface area contributed by atoms with E-state index in [1.165, 1.54) is 23.9 Å². The van der Waals surface area contributed by atoms with E-state index in [2.05, 4.69) is 5.16 Å². The number of aromatic nitrogens is 1. The van der Waals surface area contributed by atoms with Gasteiger partial charge in [-0.25, -0.2) is 4.79 Å². The van der Waals surface area contributed by atoms with Crippen LogP contribution < -0.4 is 0 Å². The Kier molecular flexibility index (Phi) is 3.06. The van der Waals surface area contributed by atoms with Crippen LogP contribution in [0.15, 0.2) is 33.7 Å². The molecule has 0 atom stereocenters. The van der Waals surface area contributed by atoms with Crippen LogP contribution in [-0.2, 0) is 0 Å². The first kappa shape index (κ1) is 11.5. The number of aromatic carboxylic acids is 1. The fraction of sp³-hybridized carbons (Fsp3) is 0.0909. The molecule has 1 heterocycles. The van der Waals surface area contributed by atoms with E-state index in [4.69, 9.17) is 9.63 Å². The number of carboxylic acid groups (broad SMARTS) is 1. The van der Waals surface area contributed by atoms with Gasteiger partial charge < -0.3 is 14.7 Å². The van der Waals surface area contributed by atoms with Crippen molar-refractivity contribution in [1.82, 2.24) is 5.16 Å². The van der Waals surface area contributed by atoms with Crippen molar-refractivity contribution in [3.63, 3.8) is 0 Å². The second-order valence-corrected chi connectivity index (χ2v) is 4.14. The van der Waals surface area contributed by atoms with Gasteiger partial charge >= 0.3 is 5.97 Å². The molecule has 1 aromatic heterocycles. The molecule has 0 bridgehead atoms. The molecule has 6 heteroatoms. The molecule has 0 aliphatic heterocycles. The summed E-state index contributed by atoms with van der Waals surface area (Å²) in [6.07, 6.45) is 1.90. The molecule has 2 rings (SSSR count). The van der Waals surface area contributed by atoms with Gasteiger partial charge in [0.25, 0.3) is 0 Å². The molecule has 5 nitrogen and oxygen atoms in total. The molecular weight excluding hydrogens is 242 g/mol. The zero-order valence-corrected chi connectivity index (χ0v) is 9.69. The number of rotatable bonds is 3. The Morgan fingerprint density at radius 2 is 2.18 bits per heavy atom. The van der Waals surface area contributed by atoms with E-state index in [9.17, 15) is 9.90 Å². The summed E-state index contributed by atoms with van der Waals surface area (Å²) in [5.41, 5.74) is 0.241. The van der Waals surface area contributed by atoms with Crippen LogP contribution in [0.25, 0.3) is 11.3 Å². The Labute approximate surface area is 101 Å². The van der Waals surface area contributed by atoms with Gasteiger partial charge in [0.1, 0.15) is 5.75 Å². The molecule has 88 valence electrons. The molecule has 0 radical (unpaired) electrons. The van der Waals surface area contributed by atoms with Gasteiger partial charge in [-0.2, -0.15) is 0 Å². The SMILES string of the molecule is CSc1ccc(O)c(-c2cc(C(=O)O)no2)c1. The standard InChI is InChI=1S/C11H9NO4S/c1-17-6-2-3-9(13)7(4-6)10-5-8(11(14)15)12-16-10/h2-5,13H,1H3,(H,14,15). The van der Waals surface area contributed by atoms with Gasteiger partial charge in [-0.05, 0) is 24.5 Å². The highest BCUT2D eigenvalue weighted by atomic mass is 32.2. The maximum atomic E-state index is 10.7. The van der Waals surface area contributed by atoms with Crippen molar-refractivity contribution >= 4 is 17.7 Å². The van der Waals surface area contributed by atoms with Crippen molar-refractivity contribution in [2.75, 3.05) is 6.26 Å². The van der Waals surface area contributed by atoms with Crippen LogP contribution in [0.4, 0.5) is 0 Å². The molecular formula is C11H9NO4S. The first-order valence-corrected chi connectivity index (χ1v) is 5.91. The average Bonchev–Trinajstić information content (AvgIpc) is 2.79. The van der Waals surface area contributed by atoms with E-state index in [0.29, 0.717) is 5.56 Å². The van der Waals surface area contributed by atoms with Crippen molar-refractivity contribution in [1.29, 1.82) is 0 Å². The number of aromatic hydroxyl groups is 1. The zero-order valence-electron chi connectivity index (χ0n) is 8.88. The van der Waals surface area contributed by atoms with Gasteiger partial charge in [0.05, 0.1) is 5.56 Å². The van der Waals surface area contributed by atoms with Crippen LogP contribution in [0.5, 0.6) is 5.75 Å². The topological polar surface area (TPSA) is 83.6 Å². The lowest BCUT2D eigenvalue weighted by molar-refractivity contribution is 0.0686. The summed E-state index contributed by atoms with van der Waals surface area (Å²) >= 11 is 1.51. The van der Waals surface area contributed by atoms with Gasteiger partial charge in [0.15, 0.2) is 11.5 Å². The number of phenolic OH excluding ortho intramolecular Hbond substituents is 1. The third kappa shape index (κ3) is 2.26. The third-order valence-electron chi connectivity index (χ3n) is 2.20. The lowest BCUT2D eigenvalue weighted by atomic mass is 10.1. The van der Waals surface area contributed by atoms with Gasteiger partial charge in [0, 0.05) is 11.0 Å². The Balaban J connectivity index is 2.47. The Hall–Kier alpha value is -1.95. The smallest absolute Gasteiger partial charge is 0.358 e. The van der Waals surface area contributed by atoms with Gasteiger partial charge in [0.2, 0.25) is 0 Å². The lowest BCUT2D eigenvalue weighted by Crippen LogP contribution is -1.94. The first-order chi connectivity index (χ1) is 8.11. The van der Waals surface area contributed by atoms with Crippen LogP contribution in [0, 0.1) is 0 Å². The molecule has 0 aliphatic rings. The molecule has 0 spiro atoms. The van der Waals surface area contributed by atoms with Crippen molar-refractivity contribution in [2.45, 2.75) is 4.90 Å². The van der Waals surface area contributed by atoms with E-state index in [1.807, 2.05) is 6.26 Å². The van der Waals surface area contributed by atoms with E-state index in [0.717, 1.165) is 4.90 Å². The van der Waals surface area contributed by atoms with Crippen molar-refractivity contribution in [2.24, 2.45) is 0 Å². The molecule has 17 heavy (non-hydrogen) atoms. The molecule has 0 fully saturated rings. The fourth-order valence-electron chi connectivity index (χ4n) is 1.34. The number of nitrogens with zero attached hydrogens (tertiary/aromatic N) is 1. The summed E-state index contributed by atoms with van der Waals surface area (Å²) in [5, 5.41) is 21.8. The fourth-order valence-corrected chi connectivity index (χ4v) is 1.78. The highest BCUT2D eigenvalue weighted by Crippen LogP contribution is 2.32. The number of carbonyl (C=O) groups is 1. The Morgan fingerprint density at radius 1 is 1.41 bits per heavy atom. The highest BCUT2D eigenvalue weighted by Gasteiger charge is 2.15. The quantitative estimate of drug-likeness (QED) is 0.815. The van der Waals surface area contributed by atoms with Crippen molar-refractivity contribution in [3.8, 4) is 17.1 Å². The zero-order chi connectivity index (χ0) is 12.4. The summed E-state index contributed by atoms with van der Waals surface area (Å²) in [7, 11) is 0. The monoisotopic (exact) mass is 251 g/mol. The molecule has 0 saturated heterocycles. The number of hydrogen-bond acceptors (Lipinski definition) is 5. The van der Waals surface area contributed by atoms with Gasteiger partial charge in [-0.15, -0.1) is 11.8 Å². The average molecular weight is 251 g/mol. The predicted molar refractivity (Wildman–Crippen MR) is 62.3 cm³/mol. The summed E-state index contributed by atoms with van der Waals surface area (Å²) in [6, 6.07) is 6.29. The minimum absolute atomic E-state index is 0.0240. The summed E-state index contributed by atoms with van der Waals surface area (Å²) in [6.45, 7) is 0. The lowest BCUT2D eigenvalue weighted by Gasteiger charge is -2.02. The summed E-state index contributed by atoms with van der Waals surface area (Å²) < 4.78 is 4.89. The molecule has 1 aromatic carbocycles. The highest BCUT2D eigenvalue weighted by molar-refractivity contribution is 7.98. The van der Waals surface area contributed by atoms with Gasteiger partial charge in [-0.1, -0.05) is 5.16 Å². The molecule has 0 amide bonds. The molecule has 0 unspecified atom stereocenters. The summed E-state index contributed by atoms with van der Waals surface area (Å²) in [4.78, 5) is 11.6. The molecule has 0 saturated carbocycles. The number of benzene rings is 1.